The summed E-state index contributed by atoms with van der Waals surface area (Å²) in [5.41, 5.74) is 7.97. The zero-order valence-corrected chi connectivity index (χ0v) is 14.2. The number of ether oxygens (including phenoxy) is 1. The number of nitrogens with one attached hydrogen (secondary N) is 1. The third-order valence-corrected chi connectivity index (χ3v) is 3.68. The Morgan fingerprint density at radius 2 is 1.96 bits per heavy atom. The molecule has 1 aromatic heterocycles. The molecule has 0 amide bonds. The van der Waals surface area contributed by atoms with Crippen molar-refractivity contribution in [2.45, 2.75) is 19.8 Å². The van der Waals surface area contributed by atoms with E-state index in [2.05, 4.69) is 27.8 Å². The van der Waals surface area contributed by atoms with Crippen molar-refractivity contribution in [3.05, 3.63) is 28.4 Å². The molecule has 0 spiro atoms. The van der Waals surface area contributed by atoms with Crippen molar-refractivity contribution in [3.8, 4) is 5.75 Å². The van der Waals surface area contributed by atoms with Gasteiger partial charge in [0, 0.05) is 17.1 Å². The van der Waals surface area contributed by atoms with Crippen LogP contribution in [0.1, 0.15) is 18.9 Å². The van der Waals surface area contributed by atoms with E-state index < -0.39 is 11.9 Å². The molecule has 0 atom stereocenters. The minimum absolute atomic E-state index is 0.652. The first-order valence-electron chi connectivity index (χ1n) is 6.99. The molecule has 126 valence electrons. The lowest BCUT2D eigenvalue weighted by atomic mass is 10.1. The van der Waals surface area contributed by atoms with Crippen LogP contribution in [0.15, 0.2) is 22.8 Å². The summed E-state index contributed by atoms with van der Waals surface area (Å²) in [5, 5.41) is 16.0. The third-order valence-electron chi connectivity index (χ3n) is 2.89. The maximum absolute atomic E-state index is 9.10. The predicted molar refractivity (Wildman–Crippen MR) is 89.8 cm³/mol. The van der Waals surface area contributed by atoms with E-state index >= 15 is 0 Å². The lowest BCUT2D eigenvalue weighted by Crippen LogP contribution is -2.09. The minimum atomic E-state index is -1.82. The Bertz CT molecular complexity index is 672. The molecule has 1 heterocycles. The number of aromatic nitrogens is 1. The monoisotopic (exact) mass is 386 g/mol. The highest BCUT2D eigenvalue weighted by atomic mass is 79.9. The molecule has 0 aliphatic heterocycles. The van der Waals surface area contributed by atoms with Gasteiger partial charge >= 0.3 is 11.9 Å². The Labute approximate surface area is 141 Å². The molecule has 0 unspecified atom stereocenters. The molecule has 0 radical (unpaired) electrons. The zero-order valence-electron chi connectivity index (χ0n) is 12.6. The standard InChI is InChI=1S/C13H17BrN2O.C2H2O4/c1-2-7-17-11-4-3-10-12(13(11)14)9(5-6-15)8-16-10;3-1(4)2(5)6/h3-4,8,16H,2,5-7,15H2,1H3;(H,3,4)(H,5,6). The quantitative estimate of drug-likeness (QED) is 0.584. The second kappa shape index (κ2) is 9.16. The van der Waals surface area contributed by atoms with Gasteiger partial charge in [-0.25, -0.2) is 9.59 Å². The molecule has 2 aromatic rings. The number of nitrogens with two attached hydrogens (primary N) is 1. The van der Waals surface area contributed by atoms with Gasteiger partial charge in [0.15, 0.2) is 0 Å². The molecule has 23 heavy (non-hydrogen) atoms. The van der Waals surface area contributed by atoms with Crippen LogP contribution in [0.4, 0.5) is 0 Å². The fourth-order valence-electron chi connectivity index (χ4n) is 1.90. The van der Waals surface area contributed by atoms with E-state index in [-0.39, 0.29) is 0 Å². The van der Waals surface area contributed by atoms with Crippen molar-refractivity contribution < 1.29 is 24.5 Å². The summed E-state index contributed by atoms with van der Waals surface area (Å²) in [6, 6.07) is 4.04. The molecule has 8 heteroatoms. The number of halogens is 1. The van der Waals surface area contributed by atoms with E-state index in [0.717, 1.165) is 35.2 Å². The topological polar surface area (TPSA) is 126 Å². The summed E-state index contributed by atoms with van der Waals surface area (Å²) in [6.07, 6.45) is 3.90. The number of hydrogen-bond donors (Lipinski definition) is 4. The van der Waals surface area contributed by atoms with Gasteiger partial charge in [0.05, 0.1) is 11.1 Å². The van der Waals surface area contributed by atoms with E-state index in [1.807, 2.05) is 18.3 Å². The summed E-state index contributed by atoms with van der Waals surface area (Å²) in [6.45, 7) is 3.49. The minimum Gasteiger partial charge on any atom is -0.492 e. The van der Waals surface area contributed by atoms with Crippen LogP contribution in [0.5, 0.6) is 5.75 Å². The highest BCUT2D eigenvalue weighted by Crippen LogP contribution is 2.35. The first-order chi connectivity index (χ1) is 10.9. The average Bonchev–Trinajstić information content (AvgIpc) is 2.91. The SMILES string of the molecule is CCCOc1ccc2[nH]cc(CCN)c2c1Br.O=C(O)C(=O)O. The second-order valence-corrected chi connectivity index (χ2v) is 5.40. The van der Waals surface area contributed by atoms with Gasteiger partial charge in [-0.1, -0.05) is 6.92 Å². The van der Waals surface area contributed by atoms with Crippen molar-refractivity contribution in [2.24, 2.45) is 5.73 Å². The predicted octanol–water partition coefficient (Wildman–Crippen LogP) is 2.38. The molecule has 0 saturated heterocycles. The van der Waals surface area contributed by atoms with E-state index in [9.17, 15) is 0 Å². The molecule has 7 nitrogen and oxygen atoms in total. The Balaban J connectivity index is 0.000000379. The summed E-state index contributed by atoms with van der Waals surface area (Å²) in [7, 11) is 0. The normalized spacial score (nSPS) is 10.0. The molecule has 5 N–H and O–H groups in total. The van der Waals surface area contributed by atoms with Gasteiger partial charge in [0.2, 0.25) is 0 Å². The lowest BCUT2D eigenvalue weighted by Gasteiger charge is -2.08. The molecule has 0 fully saturated rings. The van der Waals surface area contributed by atoms with Gasteiger partial charge in [0.25, 0.3) is 0 Å². The van der Waals surface area contributed by atoms with Gasteiger partial charge in [0.1, 0.15) is 5.75 Å². The molecule has 1 aromatic carbocycles. The Morgan fingerprint density at radius 3 is 2.48 bits per heavy atom. The average molecular weight is 387 g/mol. The number of carboxylic acid groups (broad SMARTS) is 2. The van der Waals surface area contributed by atoms with Gasteiger partial charge in [-0.2, -0.15) is 0 Å². The van der Waals surface area contributed by atoms with Gasteiger partial charge in [-0.3, -0.25) is 0 Å². The van der Waals surface area contributed by atoms with Gasteiger partial charge in [-0.05, 0) is 53.0 Å². The maximum Gasteiger partial charge on any atom is 0.414 e. The van der Waals surface area contributed by atoms with Crippen LogP contribution in [0.25, 0.3) is 10.9 Å². The van der Waals surface area contributed by atoms with Crippen LogP contribution >= 0.6 is 15.9 Å². The van der Waals surface area contributed by atoms with Crippen molar-refractivity contribution in [3.63, 3.8) is 0 Å². The summed E-state index contributed by atoms with van der Waals surface area (Å²) < 4.78 is 6.73. The number of rotatable bonds is 5. The van der Waals surface area contributed by atoms with E-state index in [4.69, 9.17) is 30.3 Å². The van der Waals surface area contributed by atoms with Crippen molar-refractivity contribution in [1.82, 2.24) is 4.98 Å². The van der Waals surface area contributed by atoms with Crippen LogP contribution in [0.3, 0.4) is 0 Å². The van der Waals surface area contributed by atoms with E-state index in [0.29, 0.717) is 6.54 Å². The van der Waals surface area contributed by atoms with Crippen LogP contribution in [0, 0.1) is 0 Å². The Kier molecular flexibility index (Phi) is 7.56. The third kappa shape index (κ3) is 5.26. The molecule has 0 bridgehead atoms. The molecular weight excluding hydrogens is 368 g/mol. The number of H-pyrrole nitrogens is 1. The largest absolute Gasteiger partial charge is 0.492 e. The van der Waals surface area contributed by atoms with Crippen molar-refractivity contribution in [1.29, 1.82) is 0 Å². The fraction of sp³-hybridized carbons (Fsp3) is 0.333. The maximum atomic E-state index is 9.10. The summed E-state index contributed by atoms with van der Waals surface area (Å²) in [5.74, 6) is -2.75. The van der Waals surface area contributed by atoms with Gasteiger partial charge in [-0.15, -0.1) is 0 Å². The number of aromatic amines is 1. The number of fused-ring (bicyclic) bond motifs is 1. The van der Waals surface area contributed by atoms with Crippen LogP contribution < -0.4 is 10.5 Å². The number of aliphatic carboxylic acids is 2. The van der Waals surface area contributed by atoms with Crippen LogP contribution in [-0.2, 0) is 16.0 Å². The number of hydrogen-bond acceptors (Lipinski definition) is 4. The molecule has 2 rings (SSSR count). The van der Waals surface area contributed by atoms with Crippen molar-refractivity contribution in [2.75, 3.05) is 13.2 Å². The van der Waals surface area contributed by atoms with Crippen LogP contribution in [-0.4, -0.2) is 40.3 Å². The summed E-state index contributed by atoms with van der Waals surface area (Å²) in [4.78, 5) is 21.5. The second-order valence-electron chi connectivity index (χ2n) is 4.61. The highest BCUT2D eigenvalue weighted by Gasteiger charge is 2.11. The lowest BCUT2D eigenvalue weighted by molar-refractivity contribution is -0.159. The molecular formula is C15H19BrN2O5. The highest BCUT2D eigenvalue weighted by molar-refractivity contribution is 9.10. The Morgan fingerprint density at radius 1 is 1.30 bits per heavy atom. The van der Waals surface area contributed by atoms with Crippen molar-refractivity contribution >= 4 is 38.8 Å². The number of carboxylic acids is 2. The summed E-state index contributed by atoms with van der Waals surface area (Å²) >= 11 is 3.63. The zero-order chi connectivity index (χ0) is 17.4. The first kappa shape index (κ1) is 19.0. The van der Waals surface area contributed by atoms with E-state index in [1.165, 1.54) is 10.9 Å². The van der Waals surface area contributed by atoms with E-state index in [1.54, 1.807) is 0 Å². The first-order valence-corrected chi connectivity index (χ1v) is 7.79. The van der Waals surface area contributed by atoms with Gasteiger partial charge < -0.3 is 25.7 Å². The van der Waals surface area contributed by atoms with Crippen LogP contribution in [0.2, 0.25) is 0 Å². The number of carbonyl (C=O) groups is 2. The smallest absolute Gasteiger partial charge is 0.414 e. The molecule has 0 saturated carbocycles. The number of benzene rings is 1. The Hall–Kier alpha value is -2.06. The molecule has 0 aliphatic carbocycles. The molecule has 0 aliphatic rings. The fourth-order valence-corrected chi connectivity index (χ4v) is 2.62.